The molecule has 3 aliphatic rings. The largest absolute Gasteiger partial charge is 0.378 e. The number of ether oxygens (including phenoxy) is 1. The Morgan fingerprint density at radius 1 is 1.30 bits per heavy atom. The molecule has 1 aliphatic heterocycles. The van der Waals surface area contributed by atoms with Crippen LogP contribution in [-0.2, 0) is 4.74 Å². The van der Waals surface area contributed by atoms with E-state index in [1.165, 1.54) is 32.1 Å². The molecule has 116 valence electrons. The minimum Gasteiger partial charge on any atom is -0.378 e. The van der Waals surface area contributed by atoms with Crippen LogP contribution in [0.1, 0.15) is 51.9 Å². The van der Waals surface area contributed by atoms with E-state index in [-0.39, 0.29) is 24.0 Å². The summed E-state index contributed by atoms with van der Waals surface area (Å²) in [7, 11) is 0. The fourth-order valence-corrected chi connectivity index (χ4v) is 4.06. The van der Waals surface area contributed by atoms with Crippen molar-refractivity contribution < 1.29 is 4.74 Å². The summed E-state index contributed by atoms with van der Waals surface area (Å²) in [6, 6.07) is 0.564. The number of nitrogens with zero attached hydrogens (tertiary/aromatic N) is 1. The van der Waals surface area contributed by atoms with Gasteiger partial charge in [-0.05, 0) is 32.6 Å². The van der Waals surface area contributed by atoms with Crippen LogP contribution < -0.4 is 10.6 Å². The van der Waals surface area contributed by atoms with Crippen molar-refractivity contribution in [1.29, 1.82) is 0 Å². The lowest BCUT2D eigenvalue weighted by molar-refractivity contribution is -0.145. The van der Waals surface area contributed by atoms with Crippen molar-refractivity contribution in [2.75, 3.05) is 19.7 Å². The Labute approximate surface area is 139 Å². The first-order valence-electron chi connectivity index (χ1n) is 8.01. The highest BCUT2D eigenvalue weighted by Gasteiger charge is 2.55. The number of halogens is 1. The number of guanidine groups is 1. The molecule has 5 heteroatoms. The predicted molar refractivity (Wildman–Crippen MR) is 92.8 cm³/mol. The monoisotopic (exact) mass is 393 g/mol. The van der Waals surface area contributed by atoms with E-state index in [4.69, 9.17) is 4.74 Å². The lowest BCUT2D eigenvalue weighted by atomic mass is 9.55. The summed E-state index contributed by atoms with van der Waals surface area (Å²) in [4.78, 5) is 4.55. The highest BCUT2D eigenvalue weighted by Crippen LogP contribution is 2.53. The fraction of sp³-hybridized carbons (Fsp3) is 0.933. The van der Waals surface area contributed by atoms with Crippen LogP contribution in [0.4, 0.5) is 0 Å². The van der Waals surface area contributed by atoms with Crippen LogP contribution >= 0.6 is 24.0 Å². The van der Waals surface area contributed by atoms with E-state index >= 15 is 0 Å². The molecule has 2 aliphatic carbocycles. The molecule has 1 heterocycles. The van der Waals surface area contributed by atoms with Crippen LogP contribution in [-0.4, -0.2) is 37.8 Å². The second kappa shape index (κ2) is 7.29. The summed E-state index contributed by atoms with van der Waals surface area (Å²) < 4.78 is 5.99. The molecule has 0 radical (unpaired) electrons. The van der Waals surface area contributed by atoms with Gasteiger partial charge in [-0.15, -0.1) is 24.0 Å². The molecular weight excluding hydrogens is 365 g/mol. The molecule has 4 nitrogen and oxygen atoms in total. The Kier molecular flexibility index (Phi) is 5.95. The zero-order chi connectivity index (χ0) is 13.1. The first kappa shape index (κ1) is 16.3. The number of nitrogens with one attached hydrogen (secondary N) is 2. The molecular formula is C15H28IN3O. The van der Waals surface area contributed by atoms with Crippen molar-refractivity contribution in [3.8, 4) is 0 Å². The molecule has 2 unspecified atom stereocenters. The van der Waals surface area contributed by atoms with Gasteiger partial charge in [0.15, 0.2) is 5.96 Å². The molecule has 2 N–H and O–H groups in total. The van der Waals surface area contributed by atoms with E-state index in [0.29, 0.717) is 17.6 Å². The van der Waals surface area contributed by atoms with Crippen molar-refractivity contribution >= 4 is 29.9 Å². The quantitative estimate of drug-likeness (QED) is 0.725. The predicted octanol–water partition coefficient (Wildman–Crippen LogP) is 2.67. The average molecular weight is 393 g/mol. The maximum Gasteiger partial charge on any atom is 0.191 e. The summed E-state index contributed by atoms with van der Waals surface area (Å²) >= 11 is 0. The van der Waals surface area contributed by atoms with Gasteiger partial charge in [-0.2, -0.15) is 0 Å². The van der Waals surface area contributed by atoms with Crippen LogP contribution in [0.2, 0.25) is 0 Å². The number of hydrogen-bond acceptors (Lipinski definition) is 4. The lowest BCUT2D eigenvalue weighted by Gasteiger charge is -2.58. The highest BCUT2D eigenvalue weighted by molar-refractivity contribution is 14.0. The third kappa shape index (κ3) is 3.08. The molecule has 2 atom stereocenters. The van der Waals surface area contributed by atoms with Crippen LogP contribution in [0.25, 0.3) is 0 Å². The first-order valence-corrected chi connectivity index (χ1v) is 8.01. The van der Waals surface area contributed by atoms with Gasteiger partial charge in [0.05, 0.1) is 6.10 Å². The van der Waals surface area contributed by atoms with E-state index in [1.54, 1.807) is 0 Å². The van der Waals surface area contributed by atoms with E-state index in [2.05, 4.69) is 22.5 Å². The second-order valence-corrected chi connectivity index (χ2v) is 6.18. The summed E-state index contributed by atoms with van der Waals surface area (Å²) in [5.41, 5.74) is 0.385. The van der Waals surface area contributed by atoms with E-state index in [0.717, 1.165) is 38.5 Å². The van der Waals surface area contributed by atoms with Crippen molar-refractivity contribution in [1.82, 2.24) is 10.6 Å². The summed E-state index contributed by atoms with van der Waals surface area (Å²) in [6.07, 6.45) is 9.54. The topological polar surface area (TPSA) is 45.6 Å². The molecule has 3 rings (SSSR count). The minimum atomic E-state index is 0. The molecule has 0 aromatic rings. The molecule has 0 bridgehead atoms. The van der Waals surface area contributed by atoms with Gasteiger partial charge < -0.3 is 15.4 Å². The molecule has 1 spiro atoms. The van der Waals surface area contributed by atoms with Crippen LogP contribution in [0.3, 0.4) is 0 Å². The van der Waals surface area contributed by atoms with Gasteiger partial charge in [0.25, 0.3) is 0 Å². The van der Waals surface area contributed by atoms with Crippen molar-refractivity contribution in [3.05, 3.63) is 0 Å². The van der Waals surface area contributed by atoms with E-state index < -0.39 is 0 Å². The molecule has 20 heavy (non-hydrogen) atoms. The standard InChI is InChI=1S/C15H27N3O.HI/c1-2-19-13-11-12(15(13)7-4-3-5-8-15)18-14-16-9-6-10-17-14;/h12-13H,2-11H2,1H3,(H2,16,17,18);1H. The Hall–Kier alpha value is -0.0400. The van der Waals surface area contributed by atoms with Crippen LogP contribution in [0.5, 0.6) is 0 Å². The lowest BCUT2D eigenvalue weighted by Crippen LogP contribution is -2.66. The fourth-order valence-electron chi connectivity index (χ4n) is 4.06. The van der Waals surface area contributed by atoms with Gasteiger partial charge in [0.1, 0.15) is 0 Å². The Morgan fingerprint density at radius 3 is 2.75 bits per heavy atom. The van der Waals surface area contributed by atoms with Gasteiger partial charge in [-0.25, -0.2) is 0 Å². The number of aliphatic imine (C=N–C) groups is 1. The molecule has 0 aromatic heterocycles. The summed E-state index contributed by atoms with van der Waals surface area (Å²) in [6.45, 7) is 4.98. The van der Waals surface area contributed by atoms with Crippen LogP contribution in [0.15, 0.2) is 4.99 Å². The normalized spacial score (nSPS) is 31.6. The minimum absolute atomic E-state index is 0. The van der Waals surface area contributed by atoms with Gasteiger partial charge in [0.2, 0.25) is 0 Å². The summed E-state index contributed by atoms with van der Waals surface area (Å²) in [5.74, 6) is 1.02. The third-order valence-electron chi connectivity index (χ3n) is 5.15. The Bertz CT molecular complexity index is 342. The SMILES string of the molecule is CCOC1CC(NC2=NCCCN2)C12CCCCC2.I. The van der Waals surface area contributed by atoms with Crippen molar-refractivity contribution in [2.45, 2.75) is 64.0 Å². The van der Waals surface area contributed by atoms with Gasteiger partial charge in [-0.1, -0.05) is 19.3 Å². The number of rotatable bonds is 3. The van der Waals surface area contributed by atoms with Gasteiger partial charge >= 0.3 is 0 Å². The van der Waals surface area contributed by atoms with Gasteiger partial charge in [-0.3, -0.25) is 4.99 Å². The maximum absolute atomic E-state index is 5.99. The smallest absolute Gasteiger partial charge is 0.191 e. The molecule has 0 saturated heterocycles. The molecule has 2 saturated carbocycles. The van der Waals surface area contributed by atoms with Crippen LogP contribution in [0, 0.1) is 5.41 Å². The van der Waals surface area contributed by atoms with Crippen molar-refractivity contribution in [2.24, 2.45) is 10.4 Å². The summed E-state index contributed by atoms with van der Waals surface area (Å²) in [5, 5.41) is 7.05. The number of hydrogen-bond donors (Lipinski definition) is 2. The third-order valence-corrected chi connectivity index (χ3v) is 5.15. The zero-order valence-corrected chi connectivity index (χ0v) is 14.8. The highest BCUT2D eigenvalue weighted by atomic mass is 127. The Balaban J connectivity index is 0.00000147. The second-order valence-electron chi connectivity index (χ2n) is 6.18. The maximum atomic E-state index is 5.99. The van der Waals surface area contributed by atoms with Crippen molar-refractivity contribution in [3.63, 3.8) is 0 Å². The average Bonchev–Trinajstić information content (AvgIpc) is 2.48. The van der Waals surface area contributed by atoms with E-state index in [9.17, 15) is 0 Å². The Morgan fingerprint density at radius 2 is 2.10 bits per heavy atom. The van der Waals surface area contributed by atoms with Gasteiger partial charge in [0, 0.05) is 31.2 Å². The van der Waals surface area contributed by atoms with E-state index in [1.807, 2.05) is 0 Å². The molecule has 0 aromatic carbocycles. The zero-order valence-electron chi connectivity index (χ0n) is 12.5. The first-order chi connectivity index (χ1) is 9.35. The molecule has 0 amide bonds. The molecule has 2 fully saturated rings.